The Morgan fingerprint density at radius 1 is 0.603 bits per heavy atom. The normalized spacial score (nSPS) is 14.3. The molecule has 0 radical (unpaired) electrons. The quantitative estimate of drug-likeness (QED) is 0.0977. The molecule has 5 aromatic carbocycles. The Bertz CT molecular complexity index is 2020. The molecule has 0 N–H and O–H groups in total. The number of hydrogen-bond donors (Lipinski definition) is 0. The molecule has 1 saturated heterocycles. The Labute approximate surface area is 349 Å². The molecule has 0 amide bonds. The van der Waals surface area contributed by atoms with Gasteiger partial charge in [-0.1, -0.05) is 74.3 Å². The third-order valence-corrected chi connectivity index (χ3v) is 11.1. The van der Waals surface area contributed by atoms with Crippen LogP contribution < -0.4 is 9.47 Å². The number of likely N-dealkylation sites (tertiary alicyclic amines) is 1. The summed E-state index contributed by atoms with van der Waals surface area (Å²) in [6.07, 6.45) is -6.80. The molecule has 1 heterocycles. The first-order valence-electron chi connectivity index (χ1n) is 18.6. The van der Waals surface area contributed by atoms with Crippen LogP contribution in [0.2, 0.25) is 0 Å². The average molecular weight is 941 g/mol. The Hall–Kier alpha value is -3.98. The molecule has 0 aliphatic carbocycles. The zero-order chi connectivity index (χ0) is 41.5. The lowest BCUT2D eigenvalue weighted by Gasteiger charge is -2.33. The number of hydrogen-bond acceptors (Lipinski definition) is 4. The summed E-state index contributed by atoms with van der Waals surface area (Å²) >= 11 is 7.08. The number of nitrogens with zero attached hydrogens (tertiary/aromatic N) is 2. The number of halogens is 10. The molecular weight excluding hydrogens is 900 g/mol. The molecule has 5 aromatic rings. The summed E-state index contributed by atoms with van der Waals surface area (Å²) in [7, 11) is 0. The van der Waals surface area contributed by atoms with Crippen molar-refractivity contribution in [3.05, 3.63) is 163 Å². The Morgan fingerprint density at radius 3 is 1.55 bits per heavy atom. The molecule has 0 bridgehead atoms. The van der Waals surface area contributed by atoms with Gasteiger partial charge >= 0.3 is 12.4 Å². The van der Waals surface area contributed by atoms with Gasteiger partial charge in [-0.3, -0.25) is 9.80 Å². The van der Waals surface area contributed by atoms with Gasteiger partial charge in [0.05, 0.1) is 11.1 Å². The van der Waals surface area contributed by atoms with E-state index in [0.717, 1.165) is 83.2 Å². The molecule has 58 heavy (non-hydrogen) atoms. The van der Waals surface area contributed by atoms with E-state index in [-0.39, 0.29) is 24.3 Å². The van der Waals surface area contributed by atoms with Gasteiger partial charge in [-0.05, 0) is 122 Å². The van der Waals surface area contributed by atoms with E-state index in [1.54, 1.807) is 24.3 Å². The number of benzene rings is 5. The maximum absolute atomic E-state index is 14.0. The first-order chi connectivity index (χ1) is 27.6. The standard InChI is InChI=1S/C44H40Br2F8N2O2/c45-35-8-12-41(57-27-31-6-10-39(47)37(20-31)43(49,50)51)33(22-35)25-56(19-16-29-14-17-55(18-15-29)24-30-4-2-1-3-5-30)26-34-23-36(46)9-13-42(34)58-28-32-7-11-40(48)38(21-32)44(52,53)54/h1-13,20-23,29H,14-19,24-28H2. The summed E-state index contributed by atoms with van der Waals surface area (Å²) in [4.78, 5) is 4.66. The zero-order valence-corrected chi connectivity index (χ0v) is 34.3. The van der Waals surface area contributed by atoms with E-state index in [0.29, 0.717) is 37.1 Å². The summed E-state index contributed by atoms with van der Waals surface area (Å²) < 4.78 is 122. The molecule has 308 valence electrons. The highest BCUT2D eigenvalue weighted by Gasteiger charge is 2.35. The predicted molar refractivity (Wildman–Crippen MR) is 213 cm³/mol. The van der Waals surface area contributed by atoms with E-state index in [2.05, 4.69) is 53.8 Å². The van der Waals surface area contributed by atoms with Crippen LogP contribution >= 0.6 is 31.9 Å². The van der Waals surface area contributed by atoms with Crippen LogP contribution in [0.5, 0.6) is 11.5 Å². The van der Waals surface area contributed by atoms with Crippen LogP contribution in [0.25, 0.3) is 0 Å². The summed E-state index contributed by atoms with van der Waals surface area (Å²) in [5.41, 5.74) is 0.326. The van der Waals surface area contributed by atoms with E-state index in [1.807, 2.05) is 30.3 Å². The van der Waals surface area contributed by atoms with Crippen molar-refractivity contribution in [2.45, 2.75) is 64.5 Å². The number of ether oxygens (including phenoxy) is 2. The molecule has 14 heteroatoms. The van der Waals surface area contributed by atoms with Crippen LogP contribution in [-0.4, -0.2) is 29.4 Å². The van der Waals surface area contributed by atoms with Crippen molar-refractivity contribution < 1.29 is 44.6 Å². The third kappa shape index (κ3) is 12.3. The lowest BCUT2D eigenvalue weighted by molar-refractivity contribution is -0.140. The highest BCUT2D eigenvalue weighted by atomic mass is 79.9. The first kappa shape index (κ1) is 43.6. The number of piperidine rings is 1. The van der Waals surface area contributed by atoms with E-state index < -0.39 is 35.1 Å². The maximum atomic E-state index is 14.0. The van der Waals surface area contributed by atoms with Gasteiger partial charge in [-0.15, -0.1) is 0 Å². The third-order valence-electron chi connectivity index (χ3n) is 10.1. The minimum Gasteiger partial charge on any atom is -0.489 e. The van der Waals surface area contributed by atoms with Gasteiger partial charge in [0, 0.05) is 39.7 Å². The maximum Gasteiger partial charge on any atom is 0.419 e. The van der Waals surface area contributed by atoms with Crippen molar-refractivity contribution in [3.8, 4) is 11.5 Å². The lowest BCUT2D eigenvalue weighted by Crippen LogP contribution is -2.34. The second-order valence-corrected chi connectivity index (χ2v) is 16.2. The van der Waals surface area contributed by atoms with Crippen molar-refractivity contribution >= 4 is 31.9 Å². The molecule has 0 spiro atoms. The second kappa shape index (κ2) is 19.4. The Morgan fingerprint density at radius 2 is 1.09 bits per heavy atom. The first-order valence-corrected chi connectivity index (χ1v) is 20.2. The van der Waals surface area contributed by atoms with Crippen molar-refractivity contribution in [2.75, 3.05) is 19.6 Å². The Balaban J connectivity index is 1.21. The minimum absolute atomic E-state index is 0.150. The van der Waals surface area contributed by atoms with Crippen LogP contribution in [0, 0.1) is 17.6 Å². The van der Waals surface area contributed by atoms with Gasteiger partial charge in [0.25, 0.3) is 0 Å². The molecular formula is C44H40Br2F8N2O2. The monoisotopic (exact) mass is 938 g/mol. The van der Waals surface area contributed by atoms with Crippen LogP contribution in [0.1, 0.15) is 58.2 Å². The van der Waals surface area contributed by atoms with Crippen molar-refractivity contribution in [3.63, 3.8) is 0 Å². The van der Waals surface area contributed by atoms with Gasteiger partial charge in [-0.25, -0.2) is 8.78 Å². The fourth-order valence-electron chi connectivity index (χ4n) is 7.04. The largest absolute Gasteiger partial charge is 0.489 e. The van der Waals surface area contributed by atoms with E-state index in [9.17, 15) is 35.1 Å². The topological polar surface area (TPSA) is 24.9 Å². The van der Waals surface area contributed by atoms with Crippen molar-refractivity contribution in [2.24, 2.45) is 5.92 Å². The molecule has 0 aromatic heterocycles. The fourth-order valence-corrected chi connectivity index (χ4v) is 7.86. The molecule has 1 aliphatic rings. The van der Waals surface area contributed by atoms with Crippen molar-refractivity contribution in [1.82, 2.24) is 9.80 Å². The summed E-state index contributed by atoms with van der Waals surface area (Å²) in [6.45, 7) is 3.72. The van der Waals surface area contributed by atoms with E-state index in [4.69, 9.17) is 9.47 Å². The van der Waals surface area contributed by atoms with Gasteiger partial charge in [-0.2, -0.15) is 26.3 Å². The molecule has 0 atom stereocenters. The highest BCUT2D eigenvalue weighted by molar-refractivity contribution is 9.10. The second-order valence-electron chi connectivity index (χ2n) is 14.4. The zero-order valence-electron chi connectivity index (χ0n) is 31.2. The highest BCUT2D eigenvalue weighted by Crippen LogP contribution is 2.35. The molecule has 0 unspecified atom stereocenters. The average Bonchev–Trinajstić information content (AvgIpc) is 3.17. The van der Waals surface area contributed by atoms with Gasteiger partial charge < -0.3 is 9.47 Å². The van der Waals surface area contributed by atoms with Crippen LogP contribution in [0.3, 0.4) is 0 Å². The van der Waals surface area contributed by atoms with Crippen molar-refractivity contribution in [1.29, 1.82) is 0 Å². The molecule has 6 rings (SSSR count). The van der Waals surface area contributed by atoms with Gasteiger partial charge in [0.1, 0.15) is 36.3 Å². The lowest BCUT2D eigenvalue weighted by atomic mass is 9.93. The smallest absolute Gasteiger partial charge is 0.419 e. The summed E-state index contributed by atoms with van der Waals surface area (Å²) in [5, 5.41) is 0. The molecule has 1 aliphatic heterocycles. The minimum atomic E-state index is -4.86. The Kier molecular flexibility index (Phi) is 14.6. The van der Waals surface area contributed by atoms with Gasteiger partial charge in [0.15, 0.2) is 0 Å². The fraction of sp³-hybridized carbons (Fsp3) is 0.318. The summed E-state index contributed by atoms with van der Waals surface area (Å²) in [5.74, 6) is -1.41. The molecule has 1 fully saturated rings. The van der Waals surface area contributed by atoms with E-state index >= 15 is 0 Å². The van der Waals surface area contributed by atoms with Gasteiger partial charge in [0.2, 0.25) is 0 Å². The van der Waals surface area contributed by atoms with E-state index in [1.165, 1.54) is 17.7 Å². The number of rotatable bonds is 15. The predicted octanol–water partition coefficient (Wildman–Crippen LogP) is 13.0. The van der Waals surface area contributed by atoms with Crippen LogP contribution in [0.15, 0.2) is 112 Å². The van der Waals surface area contributed by atoms with Crippen LogP contribution in [-0.2, 0) is 45.2 Å². The molecule has 0 saturated carbocycles. The number of alkyl halides is 6. The SMILES string of the molecule is Fc1ccc(COc2ccc(Br)cc2CN(CCC2CCN(Cc3ccccc3)CC2)Cc2cc(Br)ccc2OCc2ccc(F)c(C(F)(F)F)c2)cc1C(F)(F)F. The van der Waals surface area contributed by atoms with Crippen LogP contribution in [0.4, 0.5) is 35.1 Å². The summed E-state index contributed by atoms with van der Waals surface area (Å²) in [6, 6.07) is 26.6. The molecule has 4 nitrogen and oxygen atoms in total.